The minimum atomic E-state index is 0.00856. The van der Waals surface area contributed by atoms with Crippen LogP contribution < -0.4 is 10.6 Å². The number of oxazole rings is 1. The first-order valence-corrected chi connectivity index (χ1v) is 10.8. The normalized spacial score (nSPS) is 11.4. The number of benzene rings is 1. The molecule has 2 N–H and O–H groups in total. The van der Waals surface area contributed by atoms with E-state index in [1.54, 1.807) is 36.6 Å². The molecule has 0 bridgehead atoms. The molecule has 8 heteroatoms. The standard InChI is InChI=1S/C22H27N5O2S/c1-4-23-22(25-14-18-15-29-20(26-18)19-9-6-12-30-19)24-11-10-16-7-5-8-17(13-16)21(28)27(2)3/h5-9,12-13,15H,4,10-11,14H2,1-3H3,(H2,23,24,25). The summed E-state index contributed by atoms with van der Waals surface area (Å²) in [7, 11) is 3.52. The summed E-state index contributed by atoms with van der Waals surface area (Å²) in [6.45, 7) is 3.91. The Morgan fingerprint density at radius 1 is 1.23 bits per heavy atom. The molecule has 0 saturated heterocycles. The summed E-state index contributed by atoms with van der Waals surface area (Å²) in [6.07, 6.45) is 2.43. The van der Waals surface area contributed by atoms with Crippen LogP contribution in [0.1, 0.15) is 28.5 Å². The maximum Gasteiger partial charge on any atom is 0.253 e. The summed E-state index contributed by atoms with van der Waals surface area (Å²) < 4.78 is 5.55. The van der Waals surface area contributed by atoms with Crippen LogP contribution in [0.25, 0.3) is 10.8 Å². The Balaban J connectivity index is 1.56. The lowest BCUT2D eigenvalue weighted by Gasteiger charge is -2.13. The van der Waals surface area contributed by atoms with Crippen LogP contribution in [0.3, 0.4) is 0 Å². The third-order valence-electron chi connectivity index (χ3n) is 4.31. The van der Waals surface area contributed by atoms with Gasteiger partial charge in [-0.25, -0.2) is 9.98 Å². The Morgan fingerprint density at radius 2 is 2.10 bits per heavy atom. The molecule has 0 atom stereocenters. The fourth-order valence-electron chi connectivity index (χ4n) is 2.84. The van der Waals surface area contributed by atoms with Gasteiger partial charge in [-0.05, 0) is 42.5 Å². The van der Waals surface area contributed by atoms with Crippen LogP contribution in [-0.2, 0) is 13.0 Å². The number of carbonyl (C=O) groups is 1. The number of guanidine groups is 1. The Morgan fingerprint density at radius 3 is 2.83 bits per heavy atom. The molecule has 0 saturated carbocycles. The lowest BCUT2D eigenvalue weighted by atomic mass is 10.1. The van der Waals surface area contributed by atoms with E-state index in [9.17, 15) is 4.79 Å². The van der Waals surface area contributed by atoms with Crippen molar-refractivity contribution in [3.8, 4) is 10.8 Å². The molecule has 0 fully saturated rings. The molecule has 158 valence electrons. The zero-order valence-corrected chi connectivity index (χ0v) is 18.3. The maximum absolute atomic E-state index is 12.1. The molecule has 30 heavy (non-hydrogen) atoms. The second kappa shape index (κ2) is 10.6. The van der Waals surface area contributed by atoms with Gasteiger partial charge < -0.3 is 20.0 Å². The monoisotopic (exact) mass is 425 g/mol. The van der Waals surface area contributed by atoms with E-state index in [0.717, 1.165) is 35.1 Å². The highest BCUT2D eigenvalue weighted by Gasteiger charge is 2.09. The maximum atomic E-state index is 12.1. The predicted octanol–water partition coefficient (Wildman–Crippen LogP) is 3.40. The lowest BCUT2D eigenvalue weighted by Crippen LogP contribution is -2.38. The number of aromatic nitrogens is 1. The van der Waals surface area contributed by atoms with Crippen LogP contribution in [0, 0.1) is 0 Å². The van der Waals surface area contributed by atoms with Crippen molar-refractivity contribution in [2.45, 2.75) is 19.9 Å². The zero-order valence-electron chi connectivity index (χ0n) is 17.5. The number of aliphatic imine (C=N–C) groups is 1. The minimum Gasteiger partial charge on any atom is -0.443 e. The molecule has 3 aromatic rings. The molecule has 0 aliphatic carbocycles. The molecule has 1 amide bonds. The van der Waals surface area contributed by atoms with E-state index in [1.807, 2.05) is 48.7 Å². The van der Waals surface area contributed by atoms with E-state index in [-0.39, 0.29) is 5.91 Å². The second-order valence-electron chi connectivity index (χ2n) is 6.89. The second-order valence-corrected chi connectivity index (χ2v) is 7.84. The summed E-state index contributed by atoms with van der Waals surface area (Å²) in [5, 5.41) is 8.57. The minimum absolute atomic E-state index is 0.00856. The number of hydrogen-bond donors (Lipinski definition) is 2. The van der Waals surface area contributed by atoms with Gasteiger partial charge in [0.2, 0.25) is 5.89 Å². The fourth-order valence-corrected chi connectivity index (χ4v) is 3.49. The lowest BCUT2D eigenvalue weighted by molar-refractivity contribution is 0.0827. The molecular formula is C22H27N5O2S. The third kappa shape index (κ3) is 5.93. The van der Waals surface area contributed by atoms with Crippen molar-refractivity contribution < 1.29 is 9.21 Å². The fraction of sp³-hybridized carbons (Fsp3) is 0.318. The first kappa shape index (κ1) is 21.6. The Bertz CT molecular complexity index is 979. The highest BCUT2D eigenvalue weighted by atomic mass is 32.1. The molecule has 7 nitrogen and oxygen atoms in total. The smallest absolute Gasteiger partial charge is 0.253 e. The highest BCUT2D eigenvalue weighted by molar-refractivity contribution is 7.13. The molecule has 0 spiro atoms. The van der Waals surface area contributed by atoms with Gasteiger partial charge in [-0.1, -0.05) is 18.2 Å². The number of rotatable bonds is 8. The van der Waals surface area contributed by atoms with Crippen LogP contribution in [0.2, 0.25) is 0 Å². The molecular weight excluding hydrogens is 398 g/mol. The largest absolute Gasteiger partial charge is 0.443 e. The van der Waals surface area contributed by atoms with E-state index >= 15 is 0 Å². The van der Waals surface area contributed by atoms with Crippen molar-refractivity contribution in [1.82, 2.24) is 20.5 Å². The number of carbonyl (C=O) groups excluding carboxylic acids is 1. The number of amides is 1. The molecule has 0 aliphatic rings. The molecule has 0 radical (unpaired) electrons. The number of hydrogen-bond acceptors (Lipinski definition) is 5. The van der Waals surface area contributed by atoms with Crippen LogP contribution in [0.4, 0.5) is 0 Å². The van der Waals surface area contributed by atoms with Crippen LogP contribution in [-0.4, -0.2) is 48.9 Å². The Labute approximate surface area is 180 Å². The average Bonchev–Trinajstić information content (AvgIpc) is 3.43. The van der Waals surface area contributed by atoms with E-state index in [0.29, 0.717) is 24.5 Å². The summed E-state index contributed by atoms with van der Waals surface area (Å²) in [5.74, 6) is 1.35. The molecule has 2 aromatic heterocycles. The highest BCUT2D eigenvalue weighted by Crippen LogP contribution is 2.23. The summed E-state index contributed by atoms with van der Waals surface area (Å²) in [5.41, 5.74) is 2.58. The predicted molar refractivity (Wildman–Crippen MR) is 121 cm³/mol. The molecule has 2 heterocycles. The van der Waals surface area contributed by atoms with Gasteiger partial charge in [-0.3, -0.25) is 4.79 Å². The van der Waals surface area contributed by atoms with Crippen molar-refractivity contribution in [3.63, 3.8) is 0 Å². The summed E-state index contributed by atoms with van der Waals surface area (Å²) >= 11 is 1.59. The van der Waals surface area contributed by atoms with Crippen LogP contribution in [0.5, 0.6) is 0 Å². The molecule has 1 aromatic carbocycles. The van der Waals surface area contributed by atoms with E-state index < -0.39 is 0 Å². The van der Waals surface area contributed by atoms with Gasteiger partial charge in [0.05, 0.1) is 11.4 Å². The molecule has 3 rings (SSSR count). The van der Waals surface area contributed by atoms with Crippen molar-refractivity contribution in [3.05, 3.63) is 64.9 Å². The third-order valence-corrected chi connectivity index (χ3v) is 5.17. The van der Waals surface area contributed by atoms with E-state index in [1.165, 1.54) is 0 Å². The van der Waals surface area contributed by atoms with Gasteiger partial charge in [0.15, 0.2) is 5.96 Å². The molecule has 0 unspecified atom stereocenters. The molecule has 0 aliphatic heterocycles. The number of nitrogens with one attached hydrogen (secondary N) is 2. The first-order valence-electron chi connectivity index (χ1n) is 9.88. The Kier molecular flexibility index (Phi) is 7.62. The Hall–Kier alpha value is -3.13. The quantitative estimate of drug-likeness (QED) is 0.427. The number of nitrogens with zero attached hydrogens (tertiary/aromatic N) is 3. The average molecular weight is 426 g/mol. The van der Waals surface area contributed by atoms with Crippen molar-refractivity contribution in [1.29, 1.82) is 0 Å². The van der Waals surface area contributed by atoms with Crippen LogP contribution in [0.15, 0.2) is 57.5 Å². The summed E-state index contributed by atoms with van der Waals surface area (Å²) in [6, 6.07) is 11.7. The van der Waals surface area contributed by atoms with Gasteiger partial charge in [-0.2, -0.15) is 0 Å². The first-order chi connectivity index (χ1) is 14.6. The van der Waals surface area contributed by atoms with Crippen LogP contribution >= 0.6 is 11.3 Å². The van der Waals surface area contributed by atoms with Gasteiger partial charge in [0.1, 0.15) is 12.0 Å². The van der Waals surface area contributed by atoms with Gasteiger partial charge >= 0.3 is 0 Å². The van der Waals surface area contributed by atoms with Crippen molar-refractivity contribution in [2.24, 2.45) is 4.99 Å². The van der Waals surface area contributed by atoms with Gasteiger partial charge in [0.25, 0.3) is 5.91 Å². The van der Waals surface area contributed by atoms with Crippen molar-refractivity contribution >= 4 is 23.2 Å². The summed E-state index contributed by atoms with van der Waals surface area (Å²) in [4.78, 5) is 23.8. The number of thiophene rings is 1. The van der Waals surface area contributed by atoms with Gasteiger partial charge in [0, 0.05) is 32.7 Å². The SMILES string of the molecule is CCNC(=NCc1coc(-c2cccs2)n1)NCCc1cccc(C(=O)N(C)C)c1. The zero-order chi connectivity index (χ0) is 21.3. The topological polar surface area (TPSA) is 82.8 Å². The van der Waals surface area contributed by atoms with Crippen molar-refractivity contribution in [2.75, 3.05) is 27.2 Å². The van der Waals surface area contributed by atoms with E-state index in [4.69, 9.17) is 4.42 Å². The van der Waals surface area contributed by atoms with E-state index in [2.05, 4.69) is 20.6 Å². The van der Waals surface area contributed by atoms with Gasteiger partial charge in [-0.15, -0.1) is 11.3 Å².